The molecule has 1 heterocycles. The fraction of sp³-hybridized carbons (Fsp3) is 0.500. The number of ketones is 1. The second-order valence-corrected chi connectivity index (χ2v) is 5.52. The van der Waals surface area contributed by atoms with Crippen molar-refractivity contribution in [3.8, 4) is 0 Å². The molecule has 0 aliphatic rings. The van der Waals surface area contributed by atoms with Crippen LogP contribution in [0.4, 0.5) is 0 Å². The van der Waals surface area contributed by atoms with E-state index in [4.69, 9.17) is 0 Å². The van der Waals surface area contributed by atoms with Gasteiger partial charge in [-0.15, -0.1) is 11.3 Å². The standard InChI is InChI=1S/C10H13BrOS/c1-4-10(2,3)9(12)8-5-7(11)6-13-8/h5-6H,4H2,1-3H3. The third-order valence-corrected chi connectivity index (χ3v) is 3.98. The van der Waals surface area contributed by atoms with Gasteiger partial charge in [0.05, 0.1) is 4.88 Å². The Hall–Kier alpha value is -0.150. The van der Waals surface area contributed by atoms with Gasteiger partial charge in [-0.2, -0.15) is 0 Å². The van der Waals surface area contributed by atoms with E-state index in [0.717, 1.165) is 15.8 Å². The lowest BCUT2D eigenvalue weighted by Gasteiger charge is -2.19. The molecule has 13 heavy (non-hydrogen) atoms. The normalized spacial score (nSPS) is 11.7. The lowest BCUT2D eigenvalue weighted by atomic mass is 9.85. The van der Waals surface area contributed by atoms with Crippen LogP contribution >= 0.6 is 27.3 Å². The van der Waals surface area contributed by atoms with Crippen LogP contribution in [0, 0.1) is 5.41 Å². The van der Waals surface area contributed by atoms with Crippen molar-refractivity contribution in [2.45, 2.75) is 27.2 Å². The quantitative estimate of drug-likeness (QED) is 0.748. The zero-order valence-electron chi connectivity index (χ0n) is 8.06. The van der Waals surface area contributed by atoms with E-state index in [-0.39, 0.29) is 11.2 Å². The molecule has 0 N–H and O–H groups in total. The van der Waals surface area contributed by atoms with Crippen molar-refractivity contribution in [3.05, 3.63) is 20.8 Å². The summed E-state index contributed by atoms with van der Waals surface area (Å²) in [4.78, 5) is 12.7. The maximum absolute atomic E-state index is 11.9. The first-order valence-electron chi connectivity index (χ1n) is 4.26. The molecule has 3 heteroatoms. The van der Waals surface area contributed by atoms with Crippen molar-refractivity contribution >= 4 is 33.0 Å². The second-order valence-electron chi connectivity index (χ2n) is 3.70. The van der Waals surface area contributed by atoms with Crippen molar-refractivity contribution in [3.63, 3.8) is 0 Å². The monoisotopic (exact) mass is 260 g/mol. The van der Waals surface area contributed by atoms with Crippen LogP contribution in [0.1, 0.15) is 36.9 Å². The van der Waals surface area contributed by atoms with Crippen molar-refractivity contribution in [1.29, 1.82) is 0 Å². The number of halogens is 1. The van der Waals surface area contributed by atoms with Gasteiger partial charge in [-0.25, -0.2) is 0 Å². The molecule has 1 rings (SSSR count). The first-order valence-corrected chi connectivity index (χ1v) is 5.93. The summed E-state index contributed by atoms with van der Waals surface area (Å²) < 4.78 is 0.993. The molecule has 1 nitrogen and oxygen atoms in total. The highest BCUT2D eigenvalue weighted by atomic mass is 79.9. The molecule has 0 bridgehead atoms. The molecule has 1 aromatic heterocycles. The molecule has 0 atom stereocenters. The van der Waals surface area contributed by atoms with Gasteiger partial charge in [0, 0.05) is 15.3 Å². The molecule has 0 spiro atoms. The smallest absolute Gasteiger partial charge is 0.178 e. The molecule has 72 valence electrons. The Labute approximate surface area is 91.3 Å². The van der Waals surface area contributed by atoms with E-state index >= 15 is 0 Å². The van der Waals surface area contributed by atoms with Gasteiger partial charge in [0.2, 0.25) is 0 Å². The predicted molar refractivity (Wildman–Crippen MR) is 60.4 cm³/mol. The first-order chi connectivity index (χ1) is 5.97. The summed E-state index contributed by atoms with van der Waals surface area (Å²) in [5.41, 5.74) is -0.232. The van der Waals surface area contributed by atoms with E-state index in [1.165, 1.54) is 11.3 Å². The summed E-state index contributed by atoms with van der Waals surface area (Å²) >= 11 is 4.85. The number of thiophene rings is 1. The maximum Gasteiger partial charge on any atom is 0.178 e. The van der Waals surface area contributed by atoms with Gasteiger partial charge < -0.3 is 0 Å². The SMILES string of the molecule is CCC(C)(C)C(=O)c1cc(Br)cs1. The zero-order valence-corrected chi connectivity index (χ0v) is 10.5. The van der Waals surface area contributed by atoms with Gasteiger partial charge in [0.15, 0.2) is 5.78 Å². The maximum atomic E-state index is 11.9. The largest absolute Gasteiger partial charge is 0.293 e. The van der Waals surface area contributed by atoms with Crippen molar-refractivity contribution in [2.24, 2.45) is 5.41 Å². The molecule has 1 aromatic rings. The molecule has 0 saturated carbocycles. The summed E-state index contributed by atoms with van der Waals surface area (Å²) in [7, 11) is 0. The first kappa shape index (κ1) is 10.9. The second kappa shape index (κ2) is 3.93. The minimum atomic E-state index is -0.232. The lowest BCUT2D eigenvalue weighted by Crippen LogP contribution is -2.22. The fourth-order valence-electron chi connectivity index (χ4n) is 0.926. The minimum Gasteiger partial charge on any atom is -0.293 e. The molecule has 0 aromatic carbocycles. The zero-order chi connectivity index (χ0) is 10.1. The Bertz CT molecular complexity index is 314. The van der Waals surface area contributed by atoms with Gasteiger partial charge >= 0.3 is 0 Å². The Morgan fingerprint density at radius 2 is 2.23 bits per heavy atom. The average molecular weight is 261 g/mol. The highest BCUT2D eigenvalue weighted by Crippen LogP contribution is 2.30. The van der Waals surface area contributed by atoms with E-state index in [1.807, 2.05) is 32.2 Å². The van der Waals surface area contributed by atoms with Crippen LogP contribution < -0.4 is 0 Å². The molecular weight excluding hydrogens is 248 g/mol. The molecule has 0 aliphatic carbocycles. The number of hydrogen-bond donors (Lipinski definition) is 0. The third kappa shape index (κ3) is 2.41. The Balaban J connectivity index is 2.91. The summed E-state index contributed by atoms with van der Waals surface area (Å²) in [5.74, 6) is 0.241. The highest BCUT2D eigenvalue weighted by molar-refractivity contribution is 9.10. The molecule has 0 radical (unpaired) electrons. The summed E-state index contributed by atoms with van der Waals surface area (Å²) in [6.07, 6.45) is 0.876. The van der Waals surface area contributed by atoms with Crippen LogP contribution in [0.25, 0.3) is 0 Å². The summed E-state index contributed by atoms with van der Waals surface area (Å²) in [5, 5.41) is 1.94. The number of Topliss-reactive ketones (excluding diaryl/α,β-unsaturated/α-hetero) is 1. The van der Waals surface area contributed by atoms with Gasteiger partial charge in [-0.05, 0) is 28.4 Å². The van der Waals surface area contributed by atoms with Gasteiger partial charge in [-0.3, -0.25) is 4.79 Å². The van der Waals surface area contributed by atoms with Crippen LogP contribution in [0.15, 0.2) is 15.9 Å². The molecule has 0 aliphatic heterocycles. The van der Waals surface area contributed by atoms with E-state index in [2.05, 4.69) is 15.9 Å². The minimum absolute atomic E-state index is 0.232. The van der Waals surface area contributed by atoms with Crippen molar-refractivity contribution < 1.29 is 4.79 Å². The number of carbonyl (C=O) groups excluding carboxylic acids is 1. The van der Waals surface area contributed by atoms with Gasteiger partial charge in [0.1, 0.15) is 0 Å². The highest BCUT2D eigenvalue weighted by Gasteiger charge is 2.27. The van der Waals surface area contributed by atoms with Gasteiger partial charge in [-0.1, -0.05) is 20.8 Å². The van der Waals surface area contributed by atoms with Crippen LogP contribution in [0.2, 0.25) is 0 Å². The van der Waals surface area contributed by atoms with Crippen molar-refractivity contribution in [1.82, 2.24) is 0 Å². The summed E-state index contributed by atoms with van der Waals surface area (Å²) in [6.45, 7) is 6.02. The van der Waals surface area contributed by atoms with Gasteiger partial charge in [0.25, 0.3) is 0 Å². The Morgan fingerprint density at radius 1 is 1.62 bits per heavy atom. The fourth-order valence-corrected chi connectivity index (χ4v) is 2.47. The van der Waals surface area contributed by atoms with E-state index in [9.17, 15) is 4.79 Å². The lowest BCUT2D eigenvalue weighted by molar-refractivity contribution is 0.0837. The topological polar surface area (TPSA) is 17.1 Å². The molecule has 0 amide bonds. The molecule has 0 unspecified atom stereocenters. The molecular formula is C10H13BrOS. The van der Waals surface area contributed by atoms with E-state index in [1.54, 1.807) is 0 Å². The van der Waals surface area contributed by atoms with E-state index < -0.39 is 0 Å². The van der Waals surface area contributed by atoms with Crippen LogP contribution in [-0.4, -0.2) is 5.78 Å². The Morgan fingerprint density at radius 3 is 2.62 bits per heavy atom. The van der Waals surface area contributed by atoms with Crippen LogP contribution in [0.3, 0.4) is 0 Å². The third-order valence-electron chi connectivity index (χ3n) is 2.29. The van der Waals surface area contributed by atoms with Crippen molar-refractivity contribution in [2.75, 3.05) is 0 Å². The van der Waals surface area contributed by atoms with Crippen LogP contribution in [-0.2, 0) is 0 Å². The number of hydrogen-bond acceptors (Lipinski definition) is 2. The molecule has 0 fully saturated rings. The molecule has 0 saturated heterocycles. The number of carbonyl (C=O) groups is 1. The van der Waals surface area contributed by atoms with E-state index in [0.29, 0.717) is 0 Å². The average Bonchev–Trinajstić information content (AvgIpc) is 2.50. The van der Waals surface area contributed by atoms with Crippen LogP contribution in [0.5, 0.6) is 0 Å². The number of rotatable bonds is 3. The predicted octanol–water partition coefficient (Wildman–Crippen LogP) is 4.13. The Kier molecular flexibility index (Phi) is 3.30. The summed E-state index contributed by atoms with van der Waals surface area (Å²) in [6, 6.07) is 1.89.